The second-order valence-corrected chi connectivity index (χ2v) is 9.32. The molecule has 2 aliphatic heterocycles. The summed E-state index contributed by atoms with van der Waals surface area (Å²) in [6.07, 6.45) is 0.933. The van der Waals surface area contributed by atoms with Crippen LogP contribution in [-0.2, 0) is 17.9 Å². The second kappa shape index (κ2) is 8.95. The number of amides is 1. The van der Waals surface area contributed by atoms with Crippen LogP contribution in [0.4, 0.5) is 0 Å². The Morgan fingerprint density at radius 2 is 1.88 bits per heavy atom. The van der Waals surface area contributed by atoms with Crippen LogP contribution in [0.5, 0.6) is 5.75 Å². The number of likely N-dealkylation sites (tertiary alicyclic amines) is 1. The summed E-state index contributed by atoms with van der Waals surface area (Å²) in [5, 5.41) is 10.5. The lowest BCUT2D eigenvalue weighted by molar-refractivity contribution is -0.118. The van der Waals surface area contributed by atoms with E-state index in [1.54, 1.807) is 12.1 Å². The van der Waals surface area contributed by atoms with E-state index in [1.165, 1.54) is 6.07 Å². The Morgan fingerprint density at radius 3 is 2.65 bits per heavy atom. The summed E-state index contributed by atoms with van der Waals surface area (Å²) in [5.74, 6) is -0.666. The quantitative estimate of drug-likeness (QED) is 0.581. The number of aromatic hydroxyl groups is 1. The van der Waals surface area contributed by atoms with Crippen LogP contribution in [0.2, 0.25) is 0 Å². The molecule has 4 heterocycles. The van der Waals surface area contributed by atoms with Crippen LogP contribution in [0.3, 0.4) is 0 Å². The first-order chi connectivity index (χ1) is 16.4. The maximum absolute atomic E-state index is 12.6. The number of benzene rings is 1. The Bertz CT molecular complexity index is 1330. The standard InChI is InChI=1S/C26H27N3O5/c27-23(31)11-20(17-5-2-1-3-6-17)26-25(33)22(30)10-19(34-26)15-28-12-16-9-18(14-28)21-7-4-8-24(32)29(21)13-16/h1-8,10,16,18,20,33H,9,11-15H2,(H2,27,31)/t16-,18+,20-/m1/s1. The highest BCUT2D eigenvalue weighted by atomic mass is 16.4. The monoisotopic (exact) mass is 461 g/mol. The molecule has 5 rings (SSSR count). The molecule has 3 aromatic rings. The third kappa shape index (κ3) is 4.28. The van der Waals surface area contributed by atoms with Crippen LogP contribution in [0, 0.1) is 5.92 Å². The number of rotatable bonds is 6. The Morgan fingerprint density at radius 1 is 1.09 bits per heavy atom. The molecule has 1 aromatic carbocycles. The van der Waals surface area contributed by atoms with Gasteiger partial charge in [-0.3, -0.25) is 19.3 Å². The minimum Gasteiger partial charge on any atom is -0.502 e. The van der Waals surface area contributed by atoms with Crippen LogP contribution >= 0.6 is 0 Å². The van der Waals surface area contributed by atoms with Gasteiger partial charge in [0.2, 0.25) is 17.1 Å². The average molecular weight is 462 g/mol. The maximum Gasteiger partial charge on any atom is 0.250 e. The van der Waals surface area contributed by atoms with Gasteiger partial charge in [0.25, 0.3) is 5.56 Å². The summed E-state index contributed by atoms with van der Waals surface area (Å²) in [7, 11) is 0. The van der Waals surface area contributed by atoms with Crippen molar-refractivity contribution in [1.29, 1.82) is 0 Å². The first kappa shape index (κ1) is 22.2. The summed E-state index contributed by atoms with van der Waals surface area (Å²) in [5.41, 5.74) is 6.74. The van der Waals surface area contributed by atoms with Crippen LogP contribution in [0.15, 0.2) is 68.6 Å². The van der Waals surface area contributed by atoms with Gasteiger partial charge in [0.1, 0.15) is 5.76 Å². The van der Waals surface area contributed by atoms with E-state index < -0.39 is 23.0 Å². The number of pyridine rings is 1. The highest BCUT2D eigenvalue weighted by Gasteiger charge is 2.35. The Kier molecular flexibility index (Phi) is 5.83. The van der Waals surface area contributed by atoms with Crippen molar-refractivity contribution in [1.82, 2.24) is 9.47 Å². The fourth-order valence-electron chi connectivity index (χ4n) is 5.46. The molecule has 0 saturated carbocycles. The van der Waals surface area contributed by atoms with Crippen LogP contribution in [0.25, 0.3) is 0 Å². The first-order valence-electron chi connectivity index (χ1n) is 11.5. The van der Waals surface area contributed by atoms with Crippen molar-refractivity contribution in [2.45, 2.75) is 37.8 Å². The largest absolute Gasteiger partial charge is 0.502 e. The summed E-state index contributed by atoms with van der Waals surface area (Å²) in [4.78, 5) is 38.9. The van der Waals surface area contributed by atoms with Crippen LogP contribution < -0.4 is 16.7 Å². The minimum atomic E-state index is -0.661. The summed E-state index contributed by atoms with van der Waals surface area (Å²) in [6.45, 7) is 2.59. The van der Waals surface area contributed by atoms with E-state index in [4.69, 9.17) is 10.2 Å². The van der Waals surface area contributed by atoms with Gasteiger partial charge in [-0.1, -0.05) is 36.4 Å². The molecular weight excluding hydrogens is 434 g/mol. The number of carbonyl (C=O) groups excluding carboxylic acids is 1. The minimum absolute atomic E-state index is 0.0382. The number of nitrogens with two attached hydrogens (primary N) is 1. The van der Waals surface area contributed by atoms with Gasteiger partial charge >= 0.3 is 0 Å². The van der Waals surface area contributed by atoms with Gasteiger partial charge in [-0.05, 0) is 24.0 Å². The van der Waals surface area contributed by atoms with E-state index in [-0.39, 0.29) is 23.7 Å². The molecule has 1 fully saturated rings. The number of hydrogen-bond acceptors (Lipinski definition) is 6. The predicted octanol–water partition coefficient (Wildman–Crippen LogP) is 2.13. The molecule has 2 bridgehead atoms. The zero-order chi connectivity index (χ0) is 23.8. The van der Waals surface area contributed by atoms with E-state index in [0.717, 1.165) is 30.8 Å². The molecule has 3 atom stereocenters. The molecule has 176 valence electrons. The molecule has 1 saturated heterocycles. The summed E-state index contributed by atoms with van der Waals surface area (Å²) < 4.78 is 7.94. The molecule has 8 heteroatoms. The van der Waals surface area contributed by atoms with E-state index in [1.807, 2.05) is 41.0 Å². The van der Waals surface area contributed by atoms with E-state index in [9.17, 15) is 19.5 Å². The number of fused-ring (bicyclic) bond motifs is 4. The van der Waals surface area contributed by atoms with Gasteiger partial charge in [-0.2, -0.15) is 0 Å². The molecule has 2 aliphatic rings. The number of aromatic nitrogens is 1. The molecule has 0 radical (unpaired) electrons. The molecule has 0 spiro atoms. The fraction of sp³-hybridized carbons (Fsp3) is 0.346. The Hall–Kier alpha value is -3.65. The zero-order valence-electron chi connectivity index (χ0n) is 18.7. The van der Waals surface area contributed by atoms with Crippen molar-refractivity contribution >= 4 is 5.91 Å². The second-order valence-electron chi connectivity index (χ2n) is 9.32. The lowest BCUT2D eigenvalue weighted by atomic mass is 9.83. The molecule has 3 N–H and O–H groups in total. The molecule has 2 aromatic heterocycles. The lowest BCUT2D eigenvalue weighted by Gasteiger charge is -2.42. The predicted molar refractivity (Wildman–Crippen MR) is 126 cm³/mol. The van der Waals surface area contributed by atoms with Gasteiger partial charge in [0, 0.05) is 49.8 Å². The molecule has 8 nitrogen and oxygen atoms in total. The SMILES string of the molecule is NC(=O)C[C@H](c1ccccc1)c1oc(CN2C[C@H]3C[C@@H](C2)c2cccc(=O)n2C3)cc(=O)c1O. The molecule has 0 aliphatic carbocycles. The topological polar surface area (TPSA) is 119 Å². The summed E-state index contributed by atoms with van der Waals surface area (Å²) in [6, 6.07) is 15.8. The van der Waals surface area contributed by atoms with Crippen molar-refractivity contribution in [2.24, 2.45) is 11.7 Å². The smallest absolute Gasteiger partial charge is 0.250 e. The first-order valence-corrected chi connectivity index (χ1v) is 11.5. The number of hydrogen-bond donors (Lipinski definition) is 2. The van der Waals surface area contributed by atoms with Crippen molar-refractivity contribution in [3.8, 4) is 5.75 Å². The van der Waals surface area contributed by atoms with E-state index in [2.05, 4.69) is 4.90 Å². The number of primary amides is 1. The molecule has 0 unspecified atom stereocenters. The van der Waals surface area contributed by atoms with Crippen LogP contribution in [-0.4, -0.2) is 33.6 Å². The maximum atomic E-state index is 12.6. The average Bonchev–Trinajstić information content (AvgIpc) is 2.81. The molecule has 34 heavy (non-hydrogen) atoms. The lowest BCUT2D eigenvalue weighted by Crippen LogP contribution is -2.46. The molecular formula is C26H27N3O5. The highest BCUT2D eigenvalue weighted by Crippen LogP contribution is 2.36. The van der Waals surface area contributed by atoms with Crippen molar-refractivity contribution < 1.29 is 14.3 Å². The van der Waals surface area contributed by atoms with E-state index in [0.29, 0.717) is 24.8 Å². The van der Waals surface area contributed by atoms with Gasteiger partial charge in [0.05, 0.1) is 12.5 Å². The van der Waals surface area contributed by atoms with Gasteiger partial charge < -0.3 is 19.8 Å². The highest BCUT2D eigenvalue weighted by molar-refractivity contribution is 5.75. The van der Waals surface area contributed by atoms with Crippen molar-refractivity contribution in [2.75, 3.05) is 13.1 Å². The van der Waals surface area contributed by atoms with Crippen molar-refractivity contribution in [3.63, 3.8) is 0 Å². The Balaban J connectivity index is 1.44. The van der Waals surface area contributed by atoms with Gasteiger partial charge in [-0.25, -0.2) is 0 Å². The van der Waals surface area contributed by atoms with Gasteiger partial charge in [-0.15, -0.1) is 0 Å². The summed E-state index contributed by atoms with van der Waals surface area (Å²) >= 11 is 0. The van der Waals surface area contributed by atoms with E-state index >= 15 is 0 Å². The number of carbonyl (C=O) groups is 1. The zero-order valence-corrected chi connectivity index (χ0v) is 18.7. The Labute approximate surface area is 196 Å². The number of nitrogens with zero attached hydrogens (tertiary/aromatic N) is 2. The third-order valence-electron chi connectivity index (χ3n) is 6.86. The fourth-order valence-corrected chi connectivity index (χ4v) is 5.46. The van der Waals surface area contributed by atoms with Gasteiger partial charge in [0.15, 0.2) is 5.76 Å². The van der Waals surface area contributed by atoms with Crippen molar-refractivity contribution in [3.05, 3.63) is 98.0 Å². The third-order valence-corrected chi connectivity index (χ3v) is 6.86. The molecule has 1 amide bonds. The van der Waals surface area contributed by atoms with Crippen LogP contribution in [0.1, 0.15) is 47.5 Å². The number of piperidine rings is 1. The normalized spacial score (nSPS) is 20.5.